The van der Waals surface area contributed by atoms with Gasteiger partial charge in [0.05, 0.1) is 48.2 Å². The van der Waals surface area contributed by atoms with E-state index in [9.17, 15) is 23.3 Å². The van der Waals surface area contributed by atoms with Crippen molar-refractivity contribution in [1.82, 2.24) is 14.7 Å². The van der Waals surface area contributed by atoms with Crippen LogP contribution >= 0.6 is 0 Å². The summed E-state index contributed by atoms with van der Waals surface area (Å²) < 4.78 is 37.6. The van der Waals surface area contributed by atoms with Gasteiger partial charge in [0.2, 0.25) is 0 Å². The summed E-state index contributed by atoms with van der Waals surface area (Å²) in [4.78, 5) is 29.2. The van der Waals surface area contributed by atoms with E-state index in [4.69, 9.17) is 14.6 Å². The SMILES string of the molecule is CCCOc1ccc(-c2nn(-c3ccccc3)cc2/C=C2\C(=O)N(C3CCS(=O)(=O)C3)C(=O)C(C#N)=C2c2ccc(OC)cc2)cc1. The Balaban J connectivity index is 1.56. The van der Waals surface area contributed by atoms with E-state index in [0.29, 0.717) is 34.9 Å². The van der Waals surface area contributed by atoms with Crippen LogP contribution in [0.3, 0.4) is 0 Å². The Morgan fingerprint density at radius 3 is 2.26 bits per heavy atom. The number of amides is 2. The fraction of sp³-hybridized carbons (Fsp3) is 0.222. The first-order valence-corrected chi connectivity index (χ1v) is 17.0. The van der Waals surface area contributed by atoms with E-state index in [-0.39, 0.29) is 34.6 Å². The number of rotatable bonds is 9. The van der Waals surface area contributed by atoms with Crippen molar-refractivity contribution in [1.29, 1.82) is 5.26 Å². The number of benzene rings is 3. The number of hydrogen-bond acceptors (Lipinski definition) is 8. The Morgan fingerprint density at radius 1 is 0.957 bits per heavy atom. The number of imide groups is 1. The average Bonchev–Trinajstić information content (AvgIpc) is 3.68. The number of sulfone groups is 1. The second-order valence-corrected chi connectivity index (χ2v) is 13.5. The lowest BCUT2D eigenvalue weighted by molar-refractivity contribution is -0.142. The van der Waals surface area contributed by atoms with E-state index in [1.165, 1.54) is 7.11 Å². The maximum atomic E-state index is 14.4. The van der Waals surface area contributed by atoms with Crippen LogP contribution in [0, 0.1) is 11.3 Å². The fourth-order valence-corrected chi connectivity index (χ4v) is 7.51. The maximum Gasteiger partial charge on any atom is 0.272 e. The number of nitrogens with zero attached hydrogens (tertiary/aromatic N) is 4. The quantitative estimate of drug-likeness (QED) is 0.178. The van der Waals surface area contributed by atoms with E-state index < -0.39 is 27.7 Å². The zero-order chi connectivity index (χ0) is 33.1. The van der Waals surface area contributed by atoms with Crippen molar-refractivity contribution >= 4 is 33.3 Å². The van der Waals surface area contributed by atoms with Crippen LogP contribution in [0.4, 0.5) is 0 Å². The highest BCUT2D eigenvalue weighted by Gasteiger charge is 2.45. The molecule has 3 aromatic carbocycles. The van der Waals surface area contributed by atoms with Crippen LogP contribution in [-0.2, 0) is 19.4 Å². The molecule has 1 aromatic heterocycles. The molecule has 238 valence electrons. The molecule has 10 nitrogen and oxygen atoms in total. The zero-order valence-electron chi connectivity index (χ0n) is 25.9. The molecular weight excluding hydrogens is 616 g/mol. The Morgan fingerprint density at radius 2 is 1.64 bits per heavy atom. The molecule has 1 saturated heterocycles. The van der Waals surface area contributed by atoms with Gasteiger partial charge in [-0.25, -0.2) is 13.1 Å². The van der Waals surface area contributed by atoms with Crippen molar-refractivity contribution in [2.75, 3.05) is 25.2 Å². The summed E-state index contributed by atoms with van der Waals surface area (Å²) in [7, 11) is -1.92. The van der Waals surface area contributed by atoms with Crippen molar-refractivity contribution in [3.05, 3.63) is 107 Å². The van der Waals surface area contributed by atoms with Gasteiger partial charge in [-0.1, -0.05) is 37.3 Å². The van der Waals surface area contributed by atoms with Crippen molar-refractivity contribution in [2.24, 2.45) is 0 Å². The molecule has 2 aliphatic rings. The van der Waals surface area contributed by atoms with Crippen LogP contribution in [0.25, 0.3) is 28.6 Å². The number of nitriles is 1. The number of ether oxygens (including phenoxy) is 2. The van der Waals surface area contributed by atoms with Crippen LogP contribution < -0.4 is 9.47 Å². The molecule has 1 atom stereocenters. The first kappa shape index (κ1) is 31.5. The first-order valence-electron chi connectivity index (χ1n) is 15.2. The summed E-state index contributed by atoms with van der Waals surface area (Å²) in [6.07, 6.45) is 4.39. The Bertz CT molecular complexity index is 2040. The van der Waals surface area contributed by atoms with Crippen LogP contribution in [0.2, 0.25) is 0 Å². The summed E-state index contributed by atoms with van der Waals surface area (Å²) >= 11 is 0. The van der Waals surface area contributed by atoms with E-state index in [1.807, 2.05) is 67.6 Å². The Kier molecular flexibility index (Phi) is 8.78. The third-order valence-corrected chi connectivity index (χ3v) is 9.88. The number of hydrogen-bond donors (Lipinski definition) is 0. The molecule has 2 aliphatic heterocycles. The Hall–Kier alpha value is -5.47. The molecule has 1 fully saturated rings. The minimum Gasteiger partial charge on any atom is -0.497 e. The van der Waals surface area contributed by atoms with E-state index in [1.54, 1.807) is 41.2 Å². The van der Waals surface area contributed by atoms with Gasteiger partial charge in [0.25, 0.3) is 11.8 Å². The molecule has 0 bridgehead atoms. The lowest BCUT2D eigenvalue weighted by atomic mass is 9.86. The summed E-state index contributed by atoms with van der Waals surface area (Å²) in [5.74, 6) is -0.713. The molecule has 0 N–H and O–H groups in total. The van der Waals surface area contributed by atoms with Crippen molar-refractivity contribution in [3.8, 4) is 34.5 Å². The highest BCUT2D eigenvalue weighted by Crippen LogP contribution is 2.39. The number of aromatic nitrogens is 2. The van der Waals surface area contributed by atoms with E-state index in [2.05, 4.69) is 0 Å². The predicted molar refractivity (Wildman–Crippen MR) is 177 cm³/mol. The molecule has 1 unspecified atom stereocenters. The third-order valence-electron chi connectivity index (χ3n) is 8.13. The molecule has 3 heterocycles. The van der Waals surface area contributed by atoms with Crippen LogP contribution in [-0.4, -0.2) is 66.2 Å². The molecule has 0 saturated carbocycles. The molecule has 0 aliphatic carbocycles. The highest BCUT2D eigenvalue weighted by atomic mass is 32.2. The monoisotopic (exact) mass is 648 g/mol. The molecule has 47 heavy (non-hydrogen) atoms. The van der Waals surface area contributed by atoms with Gasteiger partial charge in [0.1, 0.15) is 23.1 Å². The molecule has 0 radical (unpaired) electrons. The standard InChI is InChI=1S/C36H32N4O6S/c1-3-18-46-30-15-11-25(12-16-30)34-26(22-39(38-34)27-7-5-4-6-8-27)20-31-33(24-9-13-29(45-2)14-10-24)32(21-37)36(42)40(35(31)41)28-17-19-47(43,44)23-28/h4-16,20,22,28H,3,17-19,23H2,1-2H3/b31-20-. The topological polar surface area (TPSA) is 132 Å². The minimum atomic E-state index is -3.45. The molecular formula is C36H32N4O6S. The highest BCUT2D eigenvalue weighted by molar-refractivity contribution is 7.91. The second-order valence-electron chi connectivity index (χ2n) is 11.3. The lowest BCUT2D eigenvalue weighted by Crippen LogP contribution is -2.49. The summed E-state index contributed by atoms with van der Waals surface area (Å²) in [5, 5.41) is 15.2. The molecule has 2 amide bonds. The summed E-state index contributed by atoms with van der Waals surface area (Å²) in [5.41, 5.74) is 3.09. The van der Waals surface area contributed by atoms with Gasteiger partial charge in [0.15, 0.2) is 9.84 Å². The summed E-state index contributed by atoms with van der Waals surface area (Å²) in [6.45, 7) is 2.62. The van der Waals surface area contributed by atoms with E-state index >= 15 is 0 Å². The largest absolute Gasteiger partial charge is 0.497 e. The van der Waals surface area contributed by atoms with E-state index in [0.717, 1.165) is 22.6 Å². The Labute approximate surface area is 273 Å². The third kappa shape index (κ3) is 6.33. The first-order chi connectivity index (χ1) is 22.7. The predicted octanol–water partition coefficient (Wildman–Crippen LogP) is 5.25. The summed E-state index contributed by atoms with van der Waals surface area (Å²) in [6, 6.07) is 24.8. The number of para-hydroxylation sites is 1. The average molecular weight is 649 g/mol. The van der Waals surface area contributed by atoms with Crippen LogP contribution in [0.5, 0.6) is 11.5 Å². The lowest BCUT2D eigenvalue weighted by Gasteiger charge is -2.32. The molecule has 6 rings (SSSR count). The molecule has 11 heteroatoms. The molecule has 4 aromatic rings. The van der Waals surface area contributed by atoms with Crippen molar-refractivity contribution in [2.45, 2.75) is 25.8 Å². The van der Waals surface area contributed by atoms with Gasteiger partial charge in [-0.15, -0.1) is 0 Å². The fourth-order valence-electron chi connectivity index (χ4n) is 5.81. The van der Waals surface area contributed by atoms with Gasteiger partial charge in [-0.2, -0.15) is 10.4 Å². The number of methoxy groups -OCH3 is 1. The zero-order valence-corrected chi connectivity index (χ0v) is 26.7. The van der Waals surface area contributed by atoms with Gasteiger partial charge >= 0.3 is 0 Å². The normalized spacial score (nSPS) is 18.4. The van der Waals surface area contributed by atoms with Crippen LogP contribution in [0.15, 0.2) is 96.2 Å². The van der Waals surface area contributed by atoms with Gasteiger partial charge in [-0.3, -0.25) is 14.5 Å². The van der Waals surface area contributed by atoms with Gasteiger partial charge in [0, 0.05) is 22.9 Å². The van der Waals surface area contributed by atoms with Crippen molar-refractivity contribution < 1.29 is 27.5 Å². The van der Waals surface area contributed by atoms with Gasteiger partial charge < -0.3 is 9.47 Å². The van der Waals surface area contributed by atoms with Gasteiger partial charge in [-0.05, 0) is 73.0 Å². The van der Waals surface area contributed by atoms with Crippen LogP contribution in [0.1, 0.15) is 30.9 Å². The molecule has 0 spiro atoms. The number of carbonyl (C=O) groups excluding carboxylic acids is 2. The smallest absolute Gasteiger partial charge is 0.272 e. The number of carbonyl (C=O) groups is 2. The maximum absolute atomic E-state index is 14.4. The minimum absolute atomic E-state index is 0.0763. The van der Waals surface area contributed by atoms with Crippen molar-refractivity contribution in [3.63, 3.8) is 0 Å². The second kappa shape index (κ2) is 13.1.